The Bertz CT molecular complexity index is 334. The summed E-state index contributed by atoms with van der Waals surface area (Å²) in [6.07, 6.45) is 27.1. The van der Waals surface area contributed by atoms with E-state index in [4.69, 9.17) is 5.10 Å². The number of nitrogens with zero attached hydrogens (tertiary/aromatic N) is 1. The molecule has 24 heavy (non-hydrogen) atoms. The van der Waals surface area contributed by atoms with Crippen LogP contribution in [0.25, 0.3) is 0 Å². The van der Waals surface area contributed by atoms with Crippen molar-refractivity contribution in [3.05, 3.63) is 11.6 Å². The largest absolute Gasteiger partial charge is 0.310 e. The van der Waals surface area contributed by atoms with Gasteiger partial charge >= 0.3 is 0 Å². The van der Waals surface area contributed by atoms with Gasteiger partial charge in [-0.25, -0.2) is 0 Å². The van der Waals surface area contributed by atoms with Crippen molar-refractivity contribution >= 4 is 5.71 Å². The van der Waals surface area contributed by atoms with Crippen molar-refractivity contribution in [1.82, 2.24) is 5.43 Å². The first kappa shape index (κ1) is 19.5. The highest BCUT2D eigenvalue weighted by atomic mass is 15.3. The second-order valence-corrected chi connectivity index (χ2v) is 7.79. The average molecular weight is 333 g/mol. The molecular formula is C22H40N2. The van der Waals surface area contributed by atoms with Gasteiger partial charge in [-0.15, -0.1) is 0 Å². The molecule has 0 aromatic carbocycles. The maximum absolute atomic E-state index is 4.85. The van der Waals surface area contributed by atoms with Crippen molar-refractivity contribution in [2.75, 3.05) is 6.54 Å². The minimum absolute atomic E-state index is 1.05. The van der Waals surface area contributed by atoms with Gasteiger partial charge in [0.2, 0.25) is 0 Å². The molecule has 2 rings (SSSR count). The molecule has 0 spiro atoms. The van der Waals surface area contributed by atoms with Crippen LogP contribution in [0.15, 0.2) is 16.8 Å². The molecule has 2 nitrogen and oxygen atoms in total. The lowest BCUT2D eigenvalue weighted by molar-refractivity contribution is 0.555. The van der Waals surface area contributed by atoms with E-state index in [2.05, 4.69) is 11.5 Å². The van der Waals surface area contributed by atoms with Crippen LogP contribution in [0.5, 0.6) is 0 Å². The lowest BCUT2D eigenvalue weighted by Crippen LogP contribution is -2.14. The number of rotatable bonds is 1. The minimum Gasteiger partial charge on any atom is -0.310 e. The smallest absolute Gasteiger partial charge is 0.0631 e. The fourth-order valence-electron chi connectivity index (χ4n) is 3.98. The summed E-state index contributed by atoms with van der Waals surface area (Å²) in [4.78, 5) is 0. The highest BCUT2D eigenvalue weighted by Crippen LogP contribution is 2.20. The van der Waals surface area contributed by atoms with Gasteiger partial charge in [0, 0.05) is 6.54 Å². The molecule has 1 aliphatic carbocycles. The fourth-order valence-corrected chi connectivity index (χ4v) is 3.98. The van der Waals surface area contributed by atoms with E-state index in [1.54, 1.807) is 5.57 Å². The summed E-state index contributed by atoms with van der Waals surface area (Å²) in [6, 6.07) is 0. The Kier molecular flexibility index (Phi) is 11.0. The van der Waals surface area contributed by atoms with Crippen LogP contribution in [0.4, 0.5) is 0 Å². The van der Waals surface area contributed by atoms with Gasteiger partial charge in [-0.2, -0.15) is 5.10 Å². The number of hydrogen-bond acceptors (Lipinski definition) is 2. The first-order valence-electron chi connectivity index (χ1n) is 11.0. The van der Waals surface area contributed by atoms with Gasteiger partial charge in [-0.05, 0) is 50.5 Å². The molecular weight excluding hydrogens is 292 g/mol. The Labute approximate surface area is 150 Å². The van der Waals surface area contributed by atoms with Crippen molar-refractivity contribution in [1.29, 1.82) is 0 Å². The number of allylic oxidation sites excluding steroid dienone is 2. The Morgan fingerprint density at radius 1 is 0.583 bits per heavy atom. The Morgan fingerprint density at radius 2 is 1.12 bits per heavy atom. The SMILES string of the molecule is C1=C(C2=NNCCCCCCCCC2)CCCCCCCCCC1. The quantitative estimate of drug-likeness (QED) is 0.554. The molecule has 2 heteroatoms. The van der Waals surface area contributed by atoms with E-state index >= 15 is 0 Å². The summed E-state index contributed by atoms with van der Waals surface area (Å²) in [5.74, 6) is 0. The van der Waals surface area contributed by atoms with Gasteiger partial charge in [0.1, 0.15) is 0 Å². The molecule has 1 heterocycles. The number of hydrazone groups is 1. The van der Waals surface area contributed by atoms with Gasteiger partial charge in [0.05, 0.1) is 5.71 Å². The monoisotopic (exact) mass is 332 g/mol. The Balaban J connectivity index is 1.96. The van der Waals surface area contributed by atoms with Crippen molar-refractivity contribution in [3.8, 4) is 0 Å². The zero-order valence-electron chi connectivity index (χ0n) is 16.0. The predicted molar refractivity (Wildman–Crippen MR) is 107 cm³/mol. The van der Waals surface area contributed by atoms with Crippen LogP contribution >= 0.6 is 0 Å². The standard InChI is InChI=1S/C22H40N2/c1-2-5-9-13-17-21(18-14-10-6-3-1)22-19-15-11-7-4-8-12-16-20-23-24-22/h17,23H,1-16,18-20H2. The summed E-state index contributed by atoms with van der Waals surface area (Å²) in [5.41, 5.74) is 6.34. The molecule has 0 atom stereocenters. The molecule has 0 fully saturated rings. The zero-order chi connectivity index (χ0) is 16.7. The van der Waals surface area contributed by atoms with Gasteiger partial charge in [0.15, 0.2) is 0 Å². The third-order valence-electron chi connectivity index (χ3n) is 5.58. The molecule has 0 saturated heterocycles. The Hall–Kier alpha value is -0.790. The average Bonchev–Trinajstić information content (AvgIpc) is 2.56. The van der Waals surface area contributed by atoms with Crippen LogP contribution in [0.3, 0.4) is 0 Å². The molecule has 0 amide bonds. The van der Waals surface area contributed by atoms with Crippen LogP contribution in [0.1, 0.15) is 116 Å². The Morgan fingerprint density at radius 3 is 1.83 bits per heavy atom. The highest BCUT2D eigenvalue weighted by Gasteiger charge is 2.09. The first-order chi connectivity index (χ1) is 12.0. The van der Waals surface area contributed by atoms with Crippen LogP contribution in [0, 0.1) is 0 Å². The summed E-state index contributed by atoms with van der Waals surface area (Å²) < 4.78 is 0. The van der Waals surface area contributed by atoms with Crippen LogP contribution < -0.4 is 5.43 Å². The molecule has 138 valence electrons. The molecule has 0 unspecified atom stereocenters. The van der Waals surface area contributed by atoms with Crippen LogP contribution in [0.2, 0.25) is 0 Å². The molecule has 1 aliphatic heterocycles. The molecule has 0 bridgehead atoms. The normalized spacial score (nSPS) is 24.0. The zero-order valence-corrected chi connectivity index (χ0v) is 16.0. The fraction of sp³-hybridized carbons (Fsp3) is 0.864. The van der Waals surface area contributed by atoms with E-state index in [0.717, 1.165) is 6.54 Å². The number of hydrogen-bond donors (Lipinski definition) is 1. The number of nitrogens with one attached hydrogen (secondary N) is 1. The maximum atomic E-state index is 4.85. The second kappa shape index (κ2) is 13.5. The predicted octanol–water partition coefficient (Wildman–Crippen LogP) is 6.91. The van der Waals surface area contributed by atoms with Crippen molar-refractivity contribution in [3.63, 3.8) is 0 Å². The molecule has 0 aromatic rings. The first-order valence-corrected chi connectivity index (χ1v) is 11.0. The summed E-state index contributed by atoms with van der Waals surface area (Å²) in [7, 11) is 0. The molecule has 0 radical (unpaired) electrons. The van der Waals surface area contributed by atoms with E-state index in [1.807, 2.05) is 0 Å². The van der Waals surface area contributed by atoms with E-state index in [1.165, 1.54) is 121 Å². The maximum Gasteiger partial charge on any atom is 0.0631 e. The molecule has 2 aliphatic rings. The van der Waals surface area contributed by atoms with Crippen molar-refractivity contribution in [2.24, 2.45) is 5.10 Å². The van der Waals surface area contributed by atoms with E-state index in [-0.39, 0.29) is 0 Å². The van der Waals surface area contributed by atoms with Crippen molar-refractivity contribution < 1.29 is 0 Å². The lowest BCUT2D eigenvalue weighted by atomic mass is 9.95. The minimum atomic E-state index is 1.05. The third kappa shape index (κ3) is 8.89. The highest BCUT2D eigenvalue weighted by molar-refractivity contribution is 5.99. The molecule has 0 aromatic heterocycles. The van der Waals surface area contributed by atoms with E-state index in [0.29, 0.717) is 0 Å². The van der Waals surface area contributed by atoms with E-state index < -0.39 is 0 Å². The van der Waals surface area contributed by atoms with Crippen LogP contribution in [-0.2, 0) is 0 Å². The second-order valence-electron chi connectivity index (χ2n) is 7.79. The topological polar surface area (TPSA) is 24.4 Å². The van der Waals surface area contributed by atoms with E-state index in [9.17, 15) is 0 Å². The van der Waals surface area contributed by atoms with Gasteiger partial charge in [-0.3, -0.25) is 0 Å². The molecule has 0 saturated carbocycles. The van der Waals surface area contributed by atoms with Gasteiger partial charge < -0.3 is 5.43 Å². The summed E-state index contributed by atoms with van der Waals surface area (Å²) >= 11 is 0. The third-order valence-corrected chi connectivity index (χ3v) is 5.58. The lowest BCUT2D eigenvalue weighted by Gasteiger charge is -2.14. The molecule has 1 N–H and O–H groups in total. The van der Waals surface area contributed by atoms with Crippen molar-refractivity contribution in [2.45, 2.75) is 116 Å². The summed E-state index contributed by atoms with van der Waals surface area (Å²) in [6.45, 7) is 1.05. The van der Waals surface area contributed by atoms with Gasteiger partial charge in [0.25, 0.3) is 0 Å². The van der Waals surface area contributed by atoms with Gasteiger partial charge in [-0.1, -0.05) is 76.7 Å². The summed E-state index contributed by atoms with van der Waals surface area (Å²) in [5, 5.41) is 4.85. The van der Waals surface area contributed by atoms with Crippen LogP contribution in [-0.4, -0.2) is 12.3 Å².